The molecule has 0 aliphatic carbocycles. The molecule has 2 aromatic rings. The molecule has 8 nitrogen and oxygen atoms in total. The Morgan fingerprint density at radius 3 is 1.32 bits per heavy atom. The van der Waals surface area contributed by atoms with Crippen LogP contribution >= 0.6 is 31.9 Å². The molecule has 25 heavy (non-hydrogen) atoms. The van der Waals surface area contributed by atoms with Crippen molar-refractivity contribution < 1.29 is 26.3 Å². The first-order valence-corrected chi connectivity index (χ1v) is 8.67. The fourth-order valence-corrected chi connectivity index (χ4v) is 1.82. The van der Waals surface area contributed by atoms with Crippen LogP contribution in [0.25, 0.3) is 9.95 Å². The highest BCUT2D eigenvalue weighted by Crippen LogP contribution is 2.22. The summed E-state index contributed by atoms with van der Waals surface area (Å²) in [5, 5.41) is 16.4. The fraction of sp³-hybridized carbons (Fsp3) is 0. The van der Waals surface area contributed by atoms with Gasteiger partial charge in [0.1, 0.15) is 0 Å². The Bertz CT molecular complexity index is 860. The minimum Gasteiger partial charge on any atom is -0.759 e. The second-order valence-electron chi connectivity index (χ2n) is 3.80. The third-order valence-electron chi connectivity index (χ3n) is 2.03. The molecule has 0 spiro atoms. The highest BCUT2D eigenvalue weighted by Gasteiger charge is 2.13. The lowest BCUT2D eigenvalue weighted by Gasteiger charge is -2.06. The van der Waals surface area contributed by atoms with E-state index in [2.05, 4.69) is 41.8 Å². The quantitative estimate of drug-likeness (QED) is 0.289. The van der Waals surface area contributed by atoms with E-state index in [-0.39, 0.29) is 11.4 Å². The second kappa shape index (κ2) is 10.8. The van der Waals surface area contributed by atoms with Crippen molar-refractivity contribution >= 4 is 53.6 Å². The first kappa shape index (κ1) is 23.0. The minimum absolute atomic E-state index is 0.0608. The van der Waals surface area contributed by atoms with Crippen molar-refractivity contribution in [2.24, 2.45) is 0 Å². The first-order valence-electron chi connectivity index (χ1n) is 5.75. The van der Waals surface area contributed by atoms with Crippen LogP contribution in [0.4, 0.5) is 20.2 Å². The smallest absolute Gasteiger partial charge is 0.421 e. The predicted molar refractivity (Wildman–Crippen MR) is 88.2 cm³/mol. The predicted octanol–water partition coefficient (Wildman–Crippen LogP) is 4.81. The first-order chi connectivity index (χ1) is 11.5. The molecule has 0 N–H and O–H groups in total. The summed E-state index contributed by atoms with van der Waals surface area (Å²) in [4.78, 5) is 5.45. The zero-order valence-electron chi connectivity index (χ0n) is 11.8. The highest BCUT2D eigenvalue weighted by atomic mass is 79.9. The van der Waals surface area contributed by atoms with Crippen LogP contribution in [-0.2, 0) is 10.4 Å². The molecule has 0 unspecified atom stereocenters. The molecule has 0 amide bonds. The van der Waals surface area contributed by atoms with E-state index in [0.717, 1.165) is 0 Å². The molecule has 0 saturated carbocycles. The maximum atomic E-state index is 12.5. The van der Waals surface area contributed by atoms with E-state index in [4.69, 9.17) is 28.3 Å². The van der Waals surface area contributed by atoms with E-state index in [0.29, 0.717) is 8.95 Å². The minimum atomic E-state index is -5.17. The third kappa shape index (κ3) is 11.2. The van der Waals surface area contributed by atoms with Crippen molar-refractivity contribution in [3.05, 3.63) is 66.9 Å². The molecule has 2 rings (SSSR count). The summed E-state index contributed by atoms with van der Waals surface area (Å²) in [6.07, 6.45) is 0. The van der Waals surface area contributed by atoms with Gasteiger partial charge in [-0.25, -0.2) is 0 Å². The summed E-state index contributed by atoms with van der Waals surface area (Å²) in [5.74, 6) is -1.07. The number of benzene rings is 2. The van der Waals surface area contributed by atoms with Gasteiger partial charge in [0.25, 0.3) is 0 Å². The molecular formula is C12H6Br2F2N4O4S. The van der Waals surface area contributed by atoms with Crippen LogP contribution in [0.15, 0.2) is 45.3 Å². The van der Waals surface area contributed by atoms with Gasteiger partial charge in [-0.15, -0.1) is 0 Å². The van der Waals surface area contributed by atoms with Gasteiger partial charge in [-0.2, -0.15) is 8.78 Å². The molecule has 0 fully saturated rings. The molecule has 2 aromatic carbocycles. The van der Waals surface area contributed by atoms with Crippen molar-refractivity contribution in [3.8, 4) is 0 Å². The molecule has 0 aliphatic heterocycles. The van der Waals surface area contributed by atoms with Crippen LogP contribution < -0.4 is 0 Å². The van der Waals surface area contributed by atoms with Gasteiger partial charge in [0.15, 0.2) is 9.95 Å². The monoisotopic (exact) mass is 498 g/mol. The molecular weight excluding hydrogens is 494 g/mol. The zero-order chi connectivity index (χ0) is 19.6. The molecule has 0 heterocycles. The molecule has 0 radical (unpaired) electrons. The molecule has 132 valence electrons. The summed E-state index contributed by atoms with van der Waals surface area (Å²) in [6, 6.07) is 8.27. The summed E-state index contributed by atoms with van der Waals surface area (Å²) in [5.41, 5.74) is -0.122. The maximum absolute atomic E-state index is 12.5. The Balaban J connectivity index is 0.000000368. The third-order valence-corrected chi connectivity index (χ3v) is 3.02. The number of rotatable bonds is 0. The number of hydrogen-bond acceptors (Lipinski definition) is 6. The Hall–Kier alpha value is -2.03. The molecule has 0 aromatic heterocycles. The lowest BCUT2D eigenvalue weighted by Crippen LogP contribution is -1.91. The van der Waals surface area contributed by atoms with E-state index in [1.807, 2.05) is 0 Å². The molecule has 0 atom stereocenters. The second-order valence-corrected chi connectivity index (χ2v) is 6.45. The number of nitrogens with zero attached hydrogens (tertiary/aromatic N) is 4. The summed E-state index contributed by atoms with van der Waals surface area (Å²) in [7, 11) is -5.17. The molecule has 13 heteroatoms. The average Bonchev–Trinajstić information content (AvgIpc) is 2.51. The average molecular weight is 500 g/mol. The number of halogens is 4. The highest BCUT2D eigenvalue weighted by molar-refractivity contribution is 9.10. The van der Waals surface area contributed by atoms with E-state index in [1.165, 1.54) is 36.4 Å². The van der Waals surface area contributed by atoms with Gasteiger partial charge in [0.05, 0.1) is 12.1 Å². The lowest BCUT2D eigenvalue weighted by atomic mass is 10.3. The van der Waals surface area contributed by atoms with Crippen molar-refractivity contribution in [3.63, 3.8) is 0 Å². The summed E-state index contributed by atoms with van der Waals surface area (Å²) in [6.45, 7) is 0. The molecule has 0 bridgehead atoms. The Kier molecular flexibility index (Phi) is 9.88. The van der Waals surface area contributed by atoms with Crippen LogP contribution in [-0.4, -0.2) is 17.5 Å². The number of hydrogen-bond donors (Lipinski definition) is 0. The van der Waals surface area contributed by atoms with E-state index >= 15 is 0 Å². The van der Waals surface area contributed by atoms with Crippen LogP contribution in [0.5, 0.6) is 0 Å². The van der Waals surface area contributed by atoms with Crippen LogP contribution in [0.2, 0.25) is 0 Å². The molecule has 0 saturated heterocycles. The Morgan fingerprint density at radius 1 is 0.840 bits per heavy atom. The normalized spacial score (nSPS) is 9.44. The van der Waals surface area contributed by atoms with Gasteiger partial charge in [-0.3, -0.25) is 8.42 Å². The van der Waals surface area contributed by atoms with Crippen molar-refractivity contribution in [1.82, 2.24) is 0 Å². The largest absolute Gasteiger partial charge is 0.759 e. The molecule has 0 aliphatic rings. The fourth-order valence-electron chi connectivity index (χ4n) is 1.12. The van der Waals surface area contributed by atoms with Crippen LogP contribution in [0.1, 0.15) is 0 Å². The van der Waals surface area contributed by atoms with Crippen molar-refractivity contribution in [2.75, 3.05) is 0 Å². The lowest BCUT2D eigenvalue weighted by molar-refractivity contribution is 0.352. The zero-order valence-corrected chi connectivity index (χ0v) is 15.8. The van der Waals surface area contributed by atoms with Crippen molar-refractivity contribution in [1.29, 1.82) is 10.8 Å². The van der Waals surface area contributed by atoms with E-state index < -0.39 is 22.0 Å². The van der Waals surface area contributed by atoms with Gasteiger partial charge in [-0.05, 0) is 24.3 Å². The number of diazo groups is 2. The van der Waals surface area contributed by atoms with Crippen molar-refractivity contribution in [2.45, 2.75) is 0 Å². The summed E-state index contributed by atoms with van der Waals surface area (Å²) >= 11 is 6.20. The van der Waals surface area contributed by atoms with Gasteiger partial charge >= 0.3 is 11.4 Å². The maximum Gasteiger partial charge on any atom is 0.421 e. The van der Waals surface area contributed by atoms with E-state index in [1.54, 1.807) is 0 Å². The van der Waals surface area contributed by atoms with Gasteiger partial charge in [0, 0.05) is 19.3 Å². The standard InChI is InChI=1S/2C6H3BrFN2.H2O4S/c2*7-4-1-2-5(8)6(3-4)10-9;1-5(2,3)4/h2*1-3H;(H2,1,2,3,4)/q2*+1;/p-2. The van der Waals surface area contributed by atoms with E-state index in [9.17, 15) is 8.78 Å². The van der Waals surface area contributed by atoms with Crippen LogP contribution in [0, 0.1) is 22.4 Å². The Morgan fingerprint density at radius 2 is 1.12 bits per heavy atom. The summed E-state index contributed by atoms with van der Waals surface area (Å²) < 4.78 is 60.4. The van der Waals surface area contributed by atoms with Gasteiger partial charge in [0.2, 0.25) is 22.4 Å². The van der Waals surface area contributed by atoms with Gasteiger partial charge in [-0.1, -0.05) is 31.9 Å². The van der Waals surface area contributed by atoms with Gasteiger partial charge < -0.3 is 9.11 Å². The van der Waals surface area contributed by atoms with Crippen LogP contribution in [0.3, 0.4) is 0 Å². The topological polar surface area (TPSA) is 137 Å². The SMILES string of the molecule is N#[N+]c1cc(Br)ccc1F.N#[N+]c1cc(Br)ccc1F.O=S(=O)([O-])[O-]. The Labute approximate surface area is 157 Å².